The zero-order valence-electron chi connectivity index (χ0n) is 11.9. The van der Waals surface area contributed by atoms with Gasteiger partial charge in [-0.3, -0.25) is 4.90 Å². The highest BCUT2D eigenvalue weighted by molar-refractivity contribution is 5.14. The van der Waals surface area contributed by atoms with E-state index in [1.807, 2.05) is 0 Å². The van der Waals surface area contributed by atoms with Crippen LogP contribution in [0.15, 0.2) is 30.3 Å². The van der Waals surface area contributed by atoms with Gasteiger partial charge in [0.05, 0.1) is 0 Å². The van der Waals surface area contributed by atoms with Crippen molar-refractivity contribution in [2.45, 2.75) is 51.7 Å². The zero-order chi connectivity index (χ0) is 13.0. The third kappa shape index (κ3) is 3.82. The maximum atomic E-state index is 3.73. The first-order chi connectivity index (χ1) is 8.57. The van der Waals surface area contributed by atoms with Crippen LogP contribution < -0.4 is 5.32 Å². The Balaban J connectivity index is 1.94. The summed E-state index contributed by atoms with van der Waals surface area (Å²) in [5.74, 6) is 0. The third-order valence-electron chi connectivity index (χ3n) is 3.66. The molecule has 18 heavy (non-hydrogen) atoms. The predicted molar refractivity (Wildman–Crippen MR) is 77.6 cm³/mol. The highest BCUT2D eigenvalue weighted by Gasteiger charge is 2.30. The molecule has 1 aromatic carbocycles. The Morgan fingerprint density at radius 1 is 1.28 bits per heavy atom. The predicted octanol–water partition coefficient (Wildman–Crippen LogP) is 3.04. The molecule has 1 atom stereocenters. The number of nitrogens with one attached hydrogen (secondary N) is 1. The van der Waals surface area contributed by atoms with Crippen LogP contribution in [0.25, 0.3) is 0 Å². The summed E-state index contributed by atoms with van der Waals surface area (Å²) in [6.07, 6.45) is 2.58. The van der Waals surface area contributed by atoms with Gasteiger partial charge in [-0.05, 0) is 31.9 Å². The summed E-state index contributed by atoms with van der Waals surface area (Å²) in [5.41, 5.74) is 1.70. The molecule has 2 nitrogen and oxygen atoms in total. The SMILES string of the molecule is CC(C)N[C@@]1(C)CCCN(Cc2ccccc2)C1. The van der Waals surface area contributed by atoms with Gasteiger partial charge in [0.25, 0.3) is 0 Å². The van der Waals surface area contributed by atoms with Crippen LogP contribution in [-0.2, 0) is 6.54 Å². The van der Waals surface area contributed by atoms with Crippen molar-refractivity contribution in [3.8, 4) is 0 Å². The first kappa shape index (κ1) is 13.6. The van der Waals surface area contributed by atoms with E-state index in [0.717, 1.165) is 13.1 Å². The lowest BCUT2D eigenvalue weighted by Gasteiger charge is -2.42. The highest BCUT2D eigenvalue weighted by atomic mass is 15.2. The fourth-order valence-corrected chi connectivity index (χ4v) is 3.14. The maximum Gasteiger partial charge on any atom is 0.0283 e. The second-order valence-corrected chi connectivity index (χ2v) is 6.16. The molecule has 2 rings (SSSR count). The van der Waals surface area contributed by atoms with Crippen molar-refractivity contribution in [2.75, 3.05) is 13.1 Å². The molecule has 1 N–H and O–H groups in total. The second kappa shape index (κ2) is 5.85. The average molecular weight is 246 g/mol. The number of piperidine rings is 1. The van der Waals surface area contributed by atoms with Gasteiger partial charge in [0, 0.05) is 24.7 Å². The van der Waals surface area contributed by atoms with Crippen LogP contribution in [-0.4, -0.2) is 29.6 Å². The van der Waals surface area contributed by atoms with E-state index in [9.17, 15) is 0 Å². The van der Waals surface area contributed by atoms with Gasteiger partial charge in [0.15, 0.2) is 0 Å². The third-order valence-corrected chi connectivity index (χ3v) is 3.66. The number of rotatable bonds is 4. The molecule has 0 spiro atoms. The van der Waals surface area contributed by atoms with Gasteiger partial charge in [-0.1, -0.05) is 44.2 Å². The quantitative estimate of drug-likeness (QED) is 0.878. The largest absolute Gasteiger partial charge is 0.308 e. The summed E-state index contributed by atoms with van der Waals surface area (Å²) in [5, 5.41) is 3.73. The first-order valence-electron chi connectivity index (χ1n) is 7.11. The summed E-state index contributed by atoms with van der Waals surface area (Å²) in [7, 11) is 0. The summed E-state index contributed by atoms with van der Waals surface area (Å²) in [4.78, 5) is 2.58. The molecule has 1 fully saturated rings. The molecule has 0 bridgehead atoms. The summed E-state index contributed by atoms with van der Waals surface area (Å²) in [6, 6.07) is 11.4. The molecular weight excluding hydrogens is 220 g/mol. The molecular formula is C16H26N2. The number of hydrogen-bond donors (Lipinski definition) is 1. The van der Waals surface area contributed by atoms with Crippen LogP contribution >= 0.6 is 0 Å². The first-order valence-corrected chi connectivity index (χ1v) is 7.11. The smallest absolute Gasteiger partial charge is 0.0283 e. The lowest BCUT2D eigenvalue weighted by molar-refractivity contribution is 0.120. The molecule has 0 aromatic heterocycles. The van der Waals surface area contributed by atoms with E-state index in [1.54, 1.807) is 0 Å². The number of likely N-dealkylation sites (tertiary alicyclic amines) is 1. The molecule has 2 heteroatoms. The minimum atomic E-state index is 0.279. The lowest BCUT2D eigenvalue weighted by Crippen LogP contribution is -2.56. The van der Waals surface area contributed by atoms with E-state index in [2.05, 4.69) is 61.3 Å². The Kier molecular flexibility index (Phi) is 4.41. The van der Waals surface area contributed by atoms with Crippen LogP contribution in [0.3, 0.4) is 0 Å². The Hall–Kier alpha value is -0.860. The van der Waals surface area contributed by atoms with Crippen molar-refractivity contribution in [3.05, 3.63) is 35.9 Å². The molecule has 0 amide bonds. The van der Waals surface area contributed by atoms with Crippen molar-refractivity contribution in [1.82, 2.24) is 10.2 Å². The van der Waals surface area contributed by atoms with Crippen molar-refractivity contribution in [2.24, 2.45) is 0 Å². The van der Waals surface area contributed by atoms with E-state index in [1.165, 1.54) is 24.9 Å². The molecule has 0 aliphatic carbocycles. The Morgan fingerprint density at radius 2 is 2.00 bits per heavy atom. The van der Waals surface area contributed by atoms with Crippen molar-refractivity contribution < 1.29 is 0 Å². The molecule has 1 heterocycles. The van der Waals surface area contributed by atoms with E-state index in [0.29, 0.717) is 6.04 Å². The molecule has 100 valence electrons. The minimum absolute atomic E-state index is 0.279. The molecule has 0 radical (unpaired) electrons. The molecule has 1 aromatic rings. The fraction of sp³-hybridized carbons (Fsp3) is 0.625. The standard InChI is InChI=1S/C16H26N2/c1-14(2)17-16(3)10-7-11-18(13-16)12-15-8-5-4-6-9-15/h4-6,8-9,14,17H,7,10-13H2,1-3H3/t16-/m0/s1. The normalized spacial score (nSPS) is 25.6. The fourth-order valence-electron chi connectivity index (χ4n) is 3.14. The van der Waals surface area contributed by atoms with Crippen LogP contribution in [0.5, 0.6) is 0 Å². The van der Waals surface area contributed by atoms with Crippen molar-refractivity contribution >= 4 is 0 Å². The van der Waals surface area contributed by atoms with Crippen molar-refractivity contribution in [1.29, 1.82) is 0 Å². The highest BCUT2D eigenvalue weighted by Crippen LogP contribution is 2.22. The number of hydrogen-bond acceptors (Lipinski definition) is 2. The van der Waals surface area contributed by atoms with E-state index in [4.69, 9.17) is 0 Å². The van der Waals surface area contributed by atoms with Gasteiger partial charge in [-0.15, -0.1) is 0 Å². The van der Waals surface area contributed by atoms with E-state index >= 15 is 0 Å². The van der Waals surface area contributed by atoms with Crippen LogP contribution in [0, 0.1) is 0 Å². The van der Waals surface area contributed by atoms with E-state index in [-0.39, 0.29) is 5.54 Å². The summed E-state index contributed by atoms with van der Waals surface area (Å²) < 4.78 is 0. The van der Waals surface area contributed by atoms with Gasteiger partial charge >= 0.3 is 0 Å². The monoisotopic (exact) mass is 246 g/mol. The molecule has 0 unspecified atom stereocenters. The van der Waals surface area contributed by atoms with Gasteiger partial charge < -0.3 is 5.32 Å². The van der Waals surface area contributed by atoms with Crippen LogP contribution in [0.4, 0.5) is 0 Å². The molecule has 1 aliphatic rings. The Labute approximate surface area is 111 Å². The van der Waals surface area contributed by atoms with Gasteiger partial charge in [0.1, 0.15) is 0 Å². The second-order valence-electron chi connectivity index (χ2n) is 6.16. The topological polar surface area (TPSA) is 15.3 Å². The van der Waals surface area contributed by atoms with Gasteiger partial charge in [-0.25, -0.2) is 0 Å². The van der Waals surface area contributed by atoms with Crippen LogP contribution in [0.1, 0.15) is 39.2 Å². The molecule has 1 saturated heterocycles. The lowest BCUT2D eigenvalue weighted by atomic mass is 9.90. The Morgan fingerprint density at radius 3 is 2.67 bits per heavy atom. The summed E-state index contributed by atoms with van der Waals surface area (Å²) in [6.45, 7) is 10.3. The Bertz CT molecular complexity index is 361. The number of nitrogens with zero attached hydrogens (tertiary/aromatic N) is 1. The molecule has 1 aliphatic heterocycles. The van der Waals surface area contributed by atoms with Gasteiger partial charge in [0.2, 0.25) is 0 Å². The maximum absolute atomic E-state index is 3.73. The summed E-state index contributed by atoms with van der Waals surface area (Å²) >= 11 is 0. The zero-order valence-corrected chi connectivity index (χ0v) is 11.9. The van der Waals surface area contributed by atoms with Crippen molar-refractivity contribution in [3.63, 3.8) is 0 Å². The average Bonchev–Trinajstić information content (AvgIpc) is 2.28. The molecule has 0 saturated carbocycles. The minimum Gasteiger partial charge on any atom is -0.308 e. The van der Waals surface area contributed by atoms with Gasteiger partial charge in [-0.2, -0.15) is 0 Å². The number of benzene rings is 1. The van der Waals surface area contributed by atoms with Crippen LogP contribution in [0.2, 0.25) is 0 Å². The van der Waals surface area contributed by atoms with E-state index < -0.39 is 0 Å².